The van der Waals surface area contributed by atoms with Crippen molar-refractivity contribution in [1.29, 1.82) is 0 Å². The molecule has 0 fully saturated rings. The predicted molar refractivity (Wildman–Crippen MR) is 97.4 cm³/mol. The summed E-state index contributed by atoms with van der Waals surface area (Å²) in [6.45, 7) is 2.94. The fourth-order valence-electron chi connectivity index (χ4n) is 2.36. The first kappa shape index (κ1) is 17.8. The first-order chi connectivity index (χ1) is 12.4. The molecule has 3 aromatic rings. The van der Waals surface area contributed by atoms with Crippen LogP contribution in [0.4, 0.5) is 5.69 Å². The monoisotopic (exact) mass is 371 g/mol. The van der Waals surface area contributed by atoms with E-state index in [-0.39, 0.29) is 12.2 Å². The molecule has 0 saturated heterocycles. The lowest BCUT2D eigenvalue weighted by Crippen LogP contribution is -2.30. The summed E-state index contributed by atoms with van der Waals surface area (Å²) in [4.78, 5) is 40.7. The van der Waals surface area contributed by atoms with Gasteiger partial charge in [0, 0.05) is 29.0 Å². The molecule has 7 nitrogen and oxygen atoms in total. The summed E-state index contributed by atoms with van der Waals surface area (Å²) in [6, 6.07) is 6.58. The summed E-state index contributed by atoms with van der Waals surface area (Å²) in [7, 11) is 0. The van der Waals surface area contributed by atoms with Gasteiger partial charge >= 0.3 is 5.97 Å². The molecule has 1 atom stereocenters. The Labute approximate surface area is 153 Å². The number of nitrogens with zero attached hydrogens (tertiary/aromatic N) is 2. The van der Waals surface area contributed by atoms with Gasteiger partial charge < -0.3 is 10.1 Å². The van der Waals surface area contributed by atoms with Crippen molar-refractivity contribution in [2.45, 2.75) is 26.4 Å². The number of hydrogen-bond donors (Lipinski definition) is 1. The molecule has 1 amide bonds. The standard InChI is InChI=1S/C18H17N3O4S/c1-11(22)13-4-3-5-14(8-13)19-17(24)12(2)25-16(23)9-15-10-21-6-7-26-18(21)20-15/h3-8,10,12H,9H2,1-2H3,(H,19,24)/t12-/m0/s1. The van der Waals surface area contributed by atoms with E-state index in [0.717, 1.165) is 4.96 Å². The molecule has 0 spiro atoms. The van der Waals surface area contributed by atoms with Gasteiger partial charge in [-0.2, -0.15) is 0 Å². The van der Waals surface area contributed by atoms with Gasteiger partial charge in [-0.05, 0) is 26.0 Å². The third kappa shape index (κ3) is 4.15. The number of aromatic nitrogens is 2. The minimum absolute atomic E-state index is 0.00809. The second-order valence-electron chi connectivity index (χ2n) is 5.76. The van der Waals surface area contributed by atoms with Crippen LogP contribution in [0.3, 0.4) is 0 Å². The first-order valence-corrected chi connectivity index (χ1v) is 8.83. The van der Waals surface area contributed by atoms with Gasteiger partial charge in [0.15, 0.2) is 16.8 Å². The van der Waals surface area contributed by atoms with Crippen molar-refractivity contribution in [2.75, 3.05) is 5.32 Å². The average molecular weight is 371 g/mol. The largest absolute Gasteiger partial charge is 0.452 e. The van der Waals surface area contributed by atoms with Crippen LogP contribution in [0.2, 0.25) is 0 Å². The maximum atomic E-state index is 12.2. The van der Waals surface area contributed by atoms with Crippen molar-refractivity contribution in [3.63, 3.8) is 0 Å². The summed E-state index contributed by atoms with van der Waals surface area (Å²) in [6.07, 6.45) is 2.64. The number of hydrogen-bond acceptors (Lipinski definition) is 6. The van der Waals surface area contributed by atoms with Gasteiger partial charge in [0.05, 0.1) is 12.1 Å². The summed E-state index contributed by atoms with van der Waals surface area (Å²) in [5, 5.41) is 4.54. The van der Waals surface area contributed by atoms with Gasteiger partial charge in [-0.3, -0.25) is 18.8 Å². The van der Waals surface area contributed by atoms with Crippen molar-refractivity contribution < 1.29 is 19.1 Å². The Bertz CT molecular complexity index is 947. The Morgan fingerprint density at radius 3 is 2.88 bits per heavy atom. The number of amides is 1. The number of fused-ring (bicyclic) bond motifs is 1. The van der Waals surface area contributed by atoms with Crippen LogP contribution < -0.4 is 5.32 Å². The number of nitrogens with one attached hydrogen (secondary N) is 1. The normalized spacial score (nSPS) is 11.9. The number of ether oxygens (including phenoxy) is 1. The van der Waals surface area contributed by atoms with Crippen molar-refractivity contribution >= 4 is 39.6 Å². The fraction of sp³-hybridized carbons (Fsp3) is 0.222. The highest BCUT2D eigenvalue weighted by atomic mass is 32.1. The Morgan fingerprint density at radius 2 is 2.15 bits per heavy atom. The van der Waals surface area contributed by atoms with Gasteiger partial charge in [-0.25, -0.2) is 4.98 Å². The smallest absolute Gasteiger partial charge is 0.312 e. The van der Waals surface area contributed by atoms with E-state index in [1.807, 2.05) is 16.0 Å². The molecule has 0 unspecified atom stereocenters. The molecule has 1 aromatic carbocycles. The minimum Gasteiger partial charge on any atom is -0.452 e. The van der Waals surface area contributed by atoms with Gasteiger partial charge in [0.25, 0.3) is 5.91 Å². The maximum absolute atomic E-state index is 12.2. The van der Waals surface area contributed by atoms with E-state index in [1.54, 1.807) is 30.5 Å². The SMILES string of the molecule is CC(=O)c1cccc(NC(=O)[C@H](C)OC(=O)Cc2cn3ccsc3n2)c1. The molecular formula is C18H17N3O4S. The summed E-state index contributed by atoms with van der Waals surface area (Å²) in [5.41, 5.74) is 1.55. The van der Waals surface area contributed by atoms with Crippen LogP contribution in [0.25, 0.3) is 4.96 Å². The highest BCUT2D eigenvalue weighted by Gasteiger charge is 2.19. The molecule has 8 heteroatoms. The molecule has 2 aromatic heterocycles. The number of esters is 1. The van der Waals surface area contributed by atoms with Crippen LogP contribution in [0.5, 0.6) is 0 Å². The van der Waals surface area contributed by atoms with Gasteiger partial charge in [-0.15, -0.1) is 11.3 Å². The Morgan fingerprint density at radius 1 is 1.35 bits per heavy atom. The third-order valence-corrected chi connectivity index (χ3v) is 4.45. The zero-order valence-electron chi connectivity index (χ0n) is 14.3. The number of carbonyl (C=O) groups excluding carboxylic acids is 3. The Balaban J connectivity index is 1.56. The van der Waals surface area contributed by atoms with Crippen LogP contribution in [-0.4, -0.2) is 33.1 Å². The van der Waals surface area contributed by atoms with E-state index in [1.165, 1.54) is 25.2 Å². The topological polar surface area (TPSA) is 89.8 Å². The third-order valence-electron chi connectivity index (χ3n) is 3.68. The van der Waals surface area contributed by atoms with Gasteiger partial charge in [0.1, 0.15) is 0 Å². The molecule has 0 radical (unpaired) electrons. The van der Waals surface area contributed by atoms with Crippen LogP contribution in [0.1, 0.15) is 29.9 Å². The molecule has 0 aliphatic carbocycles. The first-order valence-electron chi connectivity index (χ1n) is 7.95. The number of ketones is 1. The number of benzene rings is 1. The molecule has 0 bridgehead atoms. The number of Topliss-reactive ketones (excluding diaryl/α,β-unsaturated/α-hetero) is 1. The molecule has 0 aliphatic heterocycles. The van der Waals surface area contributed by atoms with Crippen molar-refractivity contribution in [2.24, 2.45) is 0 Å². The lowest BCUT2D eigenvalue weighted by Gasteiger charge is -2.13. The average Bonchev–Trinajstić information content (AvgIpc) is 3.16. The van der Waals surface area contributed by atoms with E-state index in [2.05, 4.69) is 10.3 Å². The van der Waals surface area contributed by atoms with Gasteiger partial charge in [0.2, 0.25) is 0 Å². The van der Waals surface area contributed by atoms with E-state index in [0.29, 0.717) is 16.9 Å². The zero-order valence-corrected chi connectivity index (χ0v) is 15.1. The maximum Gasteiger partial charge on any atom is 0.312 e. The highest BCUT2D eigenvalue weighted by Crippen LogP contribution is 2.14. The lowest BCUT2D eigenvalue weighted by molar-refractivity contribution is -0.152. The predicted octanol–water partition coefficient (Wildman–Crippen LogP) is 2.71. The van der Waals surface area contributed by atoms with Gasteiger partial charge in [-0.1, -0.05) is 12.1 Å². The van der Waals surface area contributed by atoms with E-state index >= 15 is 0 Å². The molecule has 26 heavy (non-hydrogen) atoms. The number of imidazole rings is 1. The van der Waals surface area contributed by atoms with E-state index in [9.17, 15) is 14.4 Å². The van der Waals surface area contributed by atoms with Crippen molar-refractivity contribution in [1.82, 2.24) is 9.38 Å². The van der Waals surface area contributed by atoms with Crippen molar-refractivity contribution in [3.8, 4) is 0 Å². The van der Waals surface area contributed by atoms with Crippen LogP contribution in [0, 0.1) is 0 Å². The molecule has 0 aliphatic rings. The highest BCUT2D eigenvalue weighted by molar-refractivity contribution is 7.15. The molecule has 1 N–H and O–H groups in total. The summed E-state index contributed by atoms with van der Waals surface area (Å²) >= 11 is 1.47. The molecule has 2 heterocycles. The molecule has 134 valence electrons. The van der Waals surface area contributed by atoms with Crippen LogP contribution >= 0.6 is 11.3 Å². The number of thiazole rings is 1. The Hall–Kier alpha value is -3.00. The summed E-state index contributed by atoms with van der Waals surface area (Å²) in [5.74, 6) is -1.10. The number of rotatable bonds is 6. The zero-order chi connectivity index (χ0) is 18.7. The molecule has 3 rings (SSSR count). The Kier molecular flexibility index (Phi) is 5.13. The van der Waals surface area contributed by atoms with Crippen LogP contribution in [0.15, 0.2) is 42.0 Å². The quantitative estimate of drug-likeness (QED) is 0.531. The lowest BCUT2D eigenvalue weighted by atomic mass is 10.1. The van der Waals surface area contributed by atoms with Crippen molar-refractivity contribution in [3.05, 3.63) is 53.3 Å². The second kappa shape index (κ2) is 7.49. The second-order valence-corrected chi connectivity index (χ2v) is 6.63. The van der Waals surface area contributed by atoms with E-state index < -0.39 is 18.0 Å². The fourth-order valence-corrected chi connectivity index (χ4v) is 3.08. The number of anilines is 1. The minimum atomic E-state index is -0.966. The number of carbonyl (C=O) groups is 3. The van der Waals surface area contributed by atoms with Crippen LogP contribution in [-0.2, 0) is 20.7 Å². The van der Waals surface area contributed by atoms with E-state index in [4.69, 9.17) is 4.74 Å². The molecule has 0 saturated carbocycles. The molecular weight excluding hydrogens is 354 g/mol. The summed E-state index contributed by atoms with van der Waals surface area (Å²) < 4.78 is 7.00.